The van der Waals surface area contributed by atoms with E-state index in [1.54, 1.807) is 19.9 Å². The summed E-state index contributed by atoms with van der Waals surface area (Å²) in [6, 6.07) is 0. The molecule has 0 bridgehead atoms. The minimum Gasteiger partial charge on any atom is -0.361 e. The molecule has 0 N–H and O–H groups in total. The van der Waals surface area contributed by atoms with Crippen LogP contribution in [0, 0.1) is 13.8 Å². The first-order valence-electron chi connectivity index (χ1n) is 6.72. The molecule has 0 spiro atoms. The summed E-state index contributed by atoms with van der Waals surface area (Å²) in [5, 5.41) is 6.81. The molecule has 6 heteroatoms. The van der Waals surface area contributed by atoms with E-state index in [2.05, 4.69) is 5.16 Å². The molecule has 0 aliphatic carbocycles. The van der Waals surface area contributed by atoms with E-state index < -0.39 is 0 Å². The molecule has 1 fully saturated rings. The Morgan fingerprint density at radius 2 is 2.00 bits per heavy atom. The van der Waals surface area contributed by atoms with Crippen LogP contribution in [-0.4, -0.2) is 40.1 Å². The van der Waals surface area contributed by atoms with Crippen LogP contribution in [0.3, 0.4) is 0 Å². The zero-order valence-electron chi connectivity index (χ0n) is 12.0. The number of hydrogen-bond donors (Lipinski definition) is 0. The second kappa shape index (κ2) is 5.90. The Morgan fingerprint density at radius 3 is 2.60 bits per heavy atom. The van der Waals surface area contributed by atoms with Crippen molar-refractivity contribution in [3.8, 4) is 0 Å². The minimum atomic E-state index is -0.215. The molecule has 1 saturated heterocycles. The maximum Gasteiger partial charge on any atom is 0.277 e. The van der Waals surface area contributed by atoms with E-state index in [9.17, 15) is 9.59 Å². The Labute approximate surface area is 118 Å². The Kier molecular flexibility index (Phi) is 4.22. The number of carbonyl (C=O) groups is 2. The van der Waals surface area contributed by atoms with Gasteiger partial charge in [0.2, 0.25) is 5.91 Å². The second-order valence-corrected chi connectivity index (χ2v) is 4.77. The van der Waals surface area contributed by atoms with E-state index in [-0.39, 0.29) is 11.8 Å². The van der Waals surface area contributed by atoms with E-state index in [1.165, 1.54) is 10.0 Å². The molecule has 0 radical (unpaired) electrons. The Morgan fingerprint density at radius 1 is 1.30 bits per heavy atom. The molecule has 1 aliphatic rings. The van der Waals surface area contributed by atoms with Crippen molar-refractivity contribution in [2.75, 3.05) is 13.1 Å². The van der Waals surface area contributed by atoms with Gasteiger partial charge in [-0.15, -0.1) is 0 Å². The van der Waals surface area contributed by atoms with Crippen molar-refractivity contribution in [2.45, 2.75) is 33.6 Å². The van der Waals surface area contributed by atoms with Crippen LogP contribution in [0.4, 0.5) is 0 Å². The highest BCUT2D eigenvalue weighted by molar-refractivity contribution is 5.97. The van der Waals surface area contributed by atoms with Crippen LogP contribution in [0.5, 0.6) is 0 Å². The van der Waals surface area contributed by atoms with Crippen molar-refractivity contribution in [1.82, 2.24) is 15.2 Å². The molecule has 1 aliphatic heterocycles. The molecule has 0 aromatic carbocycles. The summed E-state index contributed by atoms with van der Waals surface area (Å²) >= 11 is 0. The molecule has 1 aromatic heterocycles. The molecule has 20 heavy (non-hydrogen) atoms. The fraction of sp³-hybridized carbons (Fsp3) is 0.500. The van der Waals surface area contributed by atoms with Gasteiger partial charge in [0.25, 0.3) is 5.91 Å². The van der Waals surface area contributed by atoms with Gasteiger partial charge in [0.15, 0.2) is 0 Å². The first kappa shape index (κ1) is 14.3. The van der Waals surface area contributed by atoms with Crippen LogP contribution in [0.1, 0.15) is 41.6 Å². The van der Waals surface area contributed by atoms with Crippen LogP contribution in [0.2, 0.25) is 0 Å². The van der Waals surface area contributed by atoms with Gasteiger partial charge >= 0.3 is 0 Å². The minimum absolute atomic E-state index is 0.0688. The number of rotatable bonds is 3. The number of aryl methyl sites for hydroxylation is 2. The van der Waals surface area contributed by atoms with Crippen LogP contribution in [0.25, 0.3) is 0 Å². The van der Waals surface area contributed by atoms with Gasteiger partial charge in [-0.3, -0.25) is 14.6 Å². The predicted octanol–water partition coefficient (Wildman–Crippen LogP) is 1.85. The van der Waals surface area contributed by atoms with E-state index >= 15 is 0 Å². The van der Waals surface area contributed by atoms with Gasteiger partial charge in [0.05, 0.1) is 5.69 Å². The van der Waals surface area contributed by atoms with Crippen molar-refractivity contribution in [3.63, 3.8) is 0 Å². The first-order valence-corrected chi connectivity index (χ1v) is 6.72. The summed E-state index contributed by atoms with van der Waals surface area (Å²) in [5.41, 5.74) is 1.01. The fourth-order valence-corrected chi connectivity index (χ4v) is 2.32. The number of nitrogens with zero attached hydrogens (tertiary/aromatic N) is 3. The third-order valence-electron chi connectivity index (χ3n) is 3.33. The van der Waals surface area contributed by atoms with Crippen molar-refractivity contribution in [1.29, 1.82) is 0 Å². The highest BCUT2D eigenvalue weighted by Gasteiger charge is 2.33. The Balaban J connectivity index is 2.19. The molecule has 108 valence electrons. The zero-order valence-corrected chi connectivity index (χ0v) is 12.0. The highest BCUT2D eigenvalue weighted by Crippen LogP contribution is 2.20. The lowest BCUT2D eigenvalue weighted by atomic mass is 10.2. The topological polar surface area (TPSA) is 66.7 Å². The predicted molar refractivity (Wildman–Crippen MR) is 72.8 cm³/mol. The van der Waals surface area contributed by atoms with E-state index in [4.69, 9.17) is 4.52 Å². The Hall–Kier alpha value is -2.11. The quantitative estimate of drug-likeness (QED) is 0.791. The summed E-state index contributed by atoms with van der Waals surface area (Å²) in [7, 11) is 0. The average molecular weight is 277 g/mol. The van der Waals surface area contributed by atoms with Gasteiger partial charge in [-0.25, -0.2) is 5.01 Å². The lowest BCUT2D eigenvalue weighted by molar-refractivity contribution is -0.139. The number of amides is 2. The zero-order chi connectivity index (χ0) is 14.7. The molecule has 2 rings (SSSR count). The smallest absolute Gasteiger partial charge is 0.277 e. The lowest BCUT2D eigenvalue weighted by Gasteiger charge is -2.27. The molecule has 0 saturated carbocycles. The largest absolute Gasteiger partial charge is 0.361 e. The van der Waals surface area contributed by atoms with Gasteiger partial charge in [-0.05, 0) is 27.2 Å². The summed E-state index contributed by atoms with van der Waals surface area (Å²) in [6.45, 7) is 6.42. The van der Waals surface area contributed by atoms with Crippen LogP contribution >= 0.6 is 0 Å². The molecular weight excluding hydrogens is 258 g/mol. The van der Waals surface area contributed by atoms with Gasteiger partial charge in [0.1, 0.15) is 11.3 Å². The van der Waals surface area contributed by atoms with E-state index in [0.29, 0.717) is 36.5 Å². The van der Waals surface area contributed by atoms with Gasteiger partial charge in [0, 0.05) is 19.5 Å². The number of aromatic nitrogens is 1. The highest BCUT2D eigenvalue weighted by atomic mass is 16.5. The SMILES string of the molecule is C/C=C/CC(=O)N1CCCN1C(=O)c1c(C)noc1C. The monoisotopic (exact) mass is 277 g/mol. The summed E-state index contributed by atoms with van der Waals surface area (Å²) in [5.74, 6) is 0.202. The van der Waals surface area contributed by atoms with Gasteiger partial charge in [-0.1, -0.05) is 17.3 Å². The first-order chi connectivity index (χ1) is 9.56. The molecule has 2 amide bonds. The molecule has 1 aromatic rings. The summed E-state index contributed by atoms with van der Waals surface area (Å²) < 4.78 is 5.02. The molecular formula is C14H19N3O3. The van der Waals surface area contributed by atoms with Crippen molar-refractivity contribution in [2.24, 2.45) is 0 Å². The maximum absolute atomic E-state index is 12.6. The number of hydrazine groups is 1. The third-order valence-corrected chi connectivity index (χ3v) is 3.33. The van der Waals surface area contributed by atoms with Crippen molar-refractivity contribution >= 4 is 11.8 Å². The van der Waals surface area contributed by atoms with E-state index in [1.807, 2.05) is 13.0 Å². The molecule has 2 heterocycles. The normalized spacial score (nSPS) is 15.3. The number of carbonyl (C=O) groups excluding carboxylic acids is 2. The molecule has 6 nitrogen and oxygen atoms in total. The van der Waals surface area contributed by atoms with Gasteiger partial charge in [-0.2, -0.15) is 0 Å². The summed E-state index contributed by atoms with van der Waals surface area (Å²) in [6.07, 6.45) is 4.71. The second-order valence-electron chi connectivity index (χ2n) is 4.77. The van der Waals surface area contributed by atoms with E-state index in [0.717, 1.165) is 6.42 Å². The fourth-order valence-electron chi connectivity index (χ4n) is 2.32. The van der Waals surface area contributed by atoms with Crippen LogP contribution in [-0.2, 0) is 4.79 Å². The third kappa shape index (κ3) is 2.59. The molecule has 0 atom stereocenters. The lowest BCUT2D eigenvalue weighted by Crippen LogP contribution is -2.44. The Bertz CT molecular complexity index is 528. The summed E-state index contributed by atoms with van der Waals surface area (Å²) in [4.78, 5) is 24.7. The standard InChI is InChI=1S/C14H19N3O3/c1-4-5-7-12(18)16-8-6-9-17(16)14(19)13-10(2)15-20-11(13)3/h4-5H,6-9H2,1-3H3/b5-4+. The number of allylic oxidation sites excluding steroid dienone is 1. The molecule has 0 unspecified atom stereocenters. The maximum atomic E-state index is 12.6. The van der Waals surface area contributed by atoms with Crippen LogP contribution < -0.4 is 0 Å². The van der Waals surface area contributed by atoms with Crippen LogP contribution in [0.15, 0.2) is 16.7 Å². The number of hydrogen-bond acceptors (Lipinski definition) is 4. The van der Waals surface area contributed by atoms with Crippen molar-refractivity contribution < 1.29 is 14.1 Å². The van der Waals surface area contributed by atoms with Gasteiger partial charge < -0.3 is 4.52 Å². The van der Waals surface area contributed by atoms with Crippen molar-refractivity contribution in [3.05, 3.63) is 29.2 Å². The average Bonchev–Trinajstić information content (AvgIpc) is 3.03.